The Kier molecular flexibility index (Phi) is 3.70. The van der Waals surface area contributed by atoms with Gasteiger partial charge in [-0.25, -0.2) is 0 Å². The largest absolute Gasteiger partial charge is 0.508 e. The highest BCUT2D eigenvalue weighted by atomic mass is 35.5. The van der Waals surface area contributed by atoms with Crippen LogP contribution in [-0.4, -0.2) is 21.3 Å². The molecule has 0 fully saturated rings. The highest BCUT2D eigenvalue weighted by Gasteiger charge is 2.31. The maximum absolute atomic E-state index is 12.4. The number of aliphatic hydroxyl groups is 1. The molecule has 1 aliphatic rings. The van der Waals surface area contributed by atoms with Crippen LogP contribution < -0.4 is 5.32 Å². The van der Waals surface area contributed by atoms with Crippen molar-refractivity contribution in [2.24, 2.45) is 0 Å². The molecule has 3 aromatic rings. The molecule has 7 heteroatoms. The Balaban J connectivity index is 1.90. The molecule has 1 amide bonds. The average molecular weight is 369 g/mol. The van der Waals surface area contributed by atoms with Crippen LogP contribution in [0.3, 0.4) is 0 Å². The number of hydrogen-bond donors (Lipinski definition) is 3. The van der Waals surface area contributed by atoms with Crippen LogP contribution in [-0.2, 0) is 4.79 Å². The zero-order valence-electron chi connectivity index (χ0n) is 13.6. The number of nitrogens with one attached hydrogen (secondary N) is 1. The number of rotatable bonds is 2. The van der Waals surface area contributed by atoms with Crippen molar-refractivity contribution in [1.82, 2.24) is 5.16 Å². The van der Waals surface area contributed by atoms with Gasteiger partial charge in [-0.15, -0.1) is 0 Å². The molecular formula is C19H13ClN2O4. The van der Waals surface area contributed by atoms with E-state index in [9.17, 15) is 15.0 Å². The van der Waals surface area contributed by atoms with E-state index in [1.165, 1.54) is 0 Å². The Morgan fingerprint density at radius 3 is 2.54 bits per heavy atom. The number of benzene rings is 2. The van der Waals surface area contributed by atoms with Crippen molar-refractivity contribution in [2.75, 3.05) is 5.32 Å². The van der Waals surface area contributed by atoms with E-state index in [1.54, 1.807) is 49.4 Å². The molecule has 0 atom stereocenters. The molecule has 1 aromatic heterocycles. The number of fused-ring (bicyclic) bond motifs is 1. The fraction of sp³-hybridized carbons (Fsp3) is 0.0526. The van der Waals surface area contributed by atoms with E-state index in [1.807, 2.05) is 0 Å². The minimum Gasteiger partial charge on any atom is -0.508 e. The van der Waals surface area contributed by atoms with Crippen molar-refractivity contribution < 1.29 is 19.5 Å². The van der Waals surface area contributed by atoms with Crippen molar-refractivity contribution in [3.05, 3.63) is 64.5 Å². The molecule has 0 saturated heterocycles. The van der Waals surface area contributed by atoms with Gasteiger partial charge in [0, 0.05) is 17.2 Å². The summed E-state index contributed by atoms with van der Waals surface area (Å²) in [6.45, 7) is 1.72. The number of nitrogens with zero attached hydrogens (tertiary/aromatic N) is 1. The molecule has 3 N–H and O–H groups in total. The van der Waals surface area contributed by atoms with Gasteiger partial charge in [-0.1, -0.05) is 28.9 Å². The Morgan fingerprint density at radius 1 is 1.15 bits per heavy atom. The predicted molar refractivity (Wildman–Crippen MR) is 97.9 cm³/mol. The number of anilines is 1. The molecule has 1 aliphatic heterocycles. The maximum Gasteiger partial charge on any atom is 0.260 e. The first kappa shape index (κ1) is 16.2. The zero-order chi connectivity index (χ0) is 18.4. The molecule has 0 spiro atoms. The highest BCUT2D eigenvalue weighted by Crippen LogP contribution is 2.42. The lowest BCUT2D eigenvalue weighted by molar-refractivity contribution is -0.110. The van der Waals surface area contributed by atoms with Crippen molar-refractivity contribution in [1.29, 1.82) is 0 Å². The second-order valence-electron chi connectivity index (χ2n) is 5.93. The summed E-state index contributed by atoms with van der Waals surface area (Å²) < 4.78 is 5.06. The minimum absolute atomic E-state index is 0.0906. The molecule has 130 valence electrons. The lowest BCUT2D eigenvalue weighted by Gasteiger charge is -2.09. The Bertz CT molecular complexity index is 1070. The van der Waals surface area contributed by atoms with Crippen LogP contribution in [0.25, 0.3) is 22.5 Å². The van der Waals surface area contributed by atoms with Gasteiger partial charge in [0.1, 0.15) is 5.75 Å². The van der Waals surface area contributed by atoms with Crippen molar-refractivity contribution in [3.63, 3.8) is 0 Å². The number of carbonyl (C=O) groups is 1. The molecule has 0 unspecified atom stereocenters. The number of halogens is 1. The van der Waals surface area contributed by atoms with E-state index in [4.69, 9.17) is 16.1 Å². The maximum atomic E-state index is 12.4. The van der Waals surface area contributed by atoms with E-state index in [-0.39, 0.29) is 22.8 Å². The van der Waals surface area contributed by atoms with Gasteiger partial charge in [-0.05, 0) is 36.8 Å². The van der Waals surface area contributed by atoms with Gasteiger partial charge in [0.25, 0.3) is 5.91 Å². The van der Waals surface area contributed by atoms with Gasteiger partial charge in [-0.3, -0.25) is 4.79 Å². The van der Waals surface area contributed by atoms with Gasteiger partial charge >= 0.3 is 0 Å². The second-order valence-corrected chi connectivity index (χ2v) is 6.34. The highest BCUT2D eigenvalue weighted by molar-refractivity contribution is 6.38. The first-order chi connectivity index (χ1) is 12.4. The third-order valence-electron chi connectivity index (χ3n) is 4.13. The standard InChI is InChI=1S/C19H13ClN2O4/c1-9-6-16(26-22-9)18(24)17-13-7-12(10-2-4-11(23)5-3-10)14(20)8-15(13)21-19(17)25/h2-8,23-24H,1H3,(H,21,25). The molecule has 0 aliphatic carbocycles. The van der Waals surface area contributed by atoms with E-state index in [0.717, 1.165) is 5.56 Å². The van der Waals surface area contributed by atoms with E-state index >= 15 is 0 Å². The summed E-state index contributed by atoms with van der Waals surface area (Å²) in [4.78, 5) is 12.4. The molecule has 2 aromatic carbocycles. The average Bonchev–Trinajstić information content (AvgIpc) is 3.17. The number of aromatic nitrogens is 1. The summed E-state index contributed by atoms with van der Waals surface area (Å²) in [5.41, 5.74) is 3.12. The first-order valence-electron chi connectivity index (χ1n) is 7.75. The third kappa shape index (κ3) is 2.60. The Labute approximate surface area is 153 Å². The summed E-state index contributed by atoms with van der Waals surface area (Å²) in [6.07, 6.45) is 0. The summed E-state index contributed by atoms with van der Waals surface area (Å²) in [7, 11) is 0. The first-order valence-corrected chi connectivity index (χ1v) is 8.13. The van der Waals surface area contributed by atoms with E-state index in [0.29, 0.717) is 27.5 Å². The summed E-state index contributed by atoms with van der Waals surface area (Å²) >= 11 is 6.36. The monoisotopic (exact) mass is 368 g/mol. The lowest BCUT2D eigenvalue weighted by Crippen LogP contribution is -2.05. The van der Waals surface area contributed by atoms with Crippen LogP contribution in [0, 0.1) is 6.92 Å². The molecule has 4 rings (SSSR count). The normalized spacial score (nSPS) is 14.9. The number of aliphatic hydroxyl groups excluding tert-OH is 1. The Hall–Kier alpha value is -3.25. The smallest absolute Gasteiger partial charge is 0.260 e. The Morgan fingerprint density at radius 2 is 1.88 bits per heavy atom. The van der Waals surface area contributed by atoms with Crippen molar-refractivity contribution >= 4 is 34.5 Å². The summed E-state index contributed by atoms with van der Waals surface area (Å²) in [5, 5.41) is 26.9. The zero-order valence-corrected chi connectivity index (χ0v) is 14.3. The van der Waals surface area contributed by atoms with Crippen LogP contribution in [0.2, 0.25) is 5.02 Å². The van der Waals surface area contributed by atoms with Gasteiger partial charge in [0.05, 0.1) is 22.0 Å². The van der Waals surface area contributed by atoms with Gasteiger partial charge in [0.2, 0.25) is 5.76 Å². The second kappa shape index (κ2) is 5.93. The molecular weight excluding hydrogens is 356 g/mol. The van der Waals surface area contributed by atoms with Crippen LogP contribution in [0.1, 0.15) is 17.0 Å². The van der Waals surface area contributed by atoms with Crippen LogP contribution in [0.4, 0.5) is 5.69 Å². The van der Waals surface area contributed by atoms with Gasteiger partial charge in [-0.2, -0.15) is 0 Å². The fourth-order valence-corrected chi connectivity index (χ4v) is 3.16. The molecule has 26 heavy (non-hydrogen) atoms. The van der Waals surface area contributed by atoms with Gasteiger partial charge < -0.3 is 20.1 Å². The number of aromatic hydroxyl groups is 1. The lowest BCUT2D eigenvalue weighted by atomic mass is 9.98. The number of hydrogen-bond acceptors (Lipinski definition) is 5. The number of phenols is 1. The van der Waals surface area contributed by atoms with Crippen molar-refractivity contribution in [3.8, 4) is 16.9 Å². The van der Waals surface area contributed by atoms with E-state index in [2.05, 4.69) is 10.5 Å². The topological polar surface area (TPSA) is 95.6 Å². The SMILES string of the molecule is Cc1cc(C(O)=C2C(=O)Nc3cc(Cl)c(-c4ccc(O)cc4)cc32)on1. The number of aryl methyl sites for hydroxylation is 1. The van der Waals surface area contributed by atoms with Gasteiger partial charge in [0.15, 0.2) is 5.76 Å². The van der Waals surface area contributed by atoms with Crippen LogP contribution in [0.15, 0.2) is 47.0 Å². The van der Waals surface area contributed by atoms with Crippen molar-refractivity contribution in [2.45, 2.75) is 6.92 Å². The quantitative estimate of drug-likeness (QED) is 0.460. The number of phenolic OH excluding ortho intramolecular Hbond substituents is 1. The molecule has 0 bridgehead atoms. The summed E-state index contributed by atoms with van der Waals surface area (Å²) in [5.74, 6) is -0.491. The number of amides is 1. The third-order valence-corrected chi connectivity index (χ3v) is 4.44. The number of carbonyl (C=O) groups excluding carboxylic acids is 1. The molecule has 0 radical (unpaired) electrons. The van der Waals surface area contributed by atoms with Crippen LogP contribution in [0.5, 0.6) is 5.75 Å². The predicted octanol–water partition coefficient (Wildman–Crippen LogP) is 4.39. The molecule has 2 heterocycles. The van der Waals surface area contributed by atoms with Crippen LogP contribution >= 0.6 is 11.6 Å². The summed E-state index contributed by atoms with van der Waals surface area (Å²) in [6, 6.07) is 11.4. The van der Waals surface area contributed by atoms with E-state index < -0.39 is 5.91 Å². The molecule has 6 nitrogen and oxygen atoms in total. The fourth-order valence-electron chi connectivity index (χ4n) is 2.89. The molecule has 0 saturated carbocycles. The minimum atomic E-state index is -0.453.